The van der Waals surface area contributed by atoms with E-state index in [4.69, 9.17) is 9.47 Å². The average Bonchev–Trinajstić information content (AvgIpc) is 2.62. The molecule has 2 heteroatoms. The van der Waals surface area contributed by atoms with Crippen LogP contribution in [0.3, 0.4) is 0 Å². The van der Waals surface area contributed by atoms with Gasteiger partial charge in [0, 0.05) is 0 Å². The SMILES string of the molecule is COc1ccc(C2=CCC(c3ccc(OC)cc3)CC2)cc1. The fraction of sp³-hybridized carbons (Fsp3) is 0.300. The Morgan fingerprint density at radius 1 is 0.818 bits per heavy atom. The van der Waals surface area contributed by atoms with E-state index in [1.807, 2.05) is 12.1 Å². The van der Waals surface area contributed by atoms with Crippen molar-refractivity contribution < 1.29 is 9.47 Å². The average molecular weight is 294 g/mol. The van der Waals surface area contributed by atoms with Crippen molar-refractivity contribution in [1.82, 2.24) is 0 Å². The molecule has 0 aliphatic heterocycles. The summed E-state index contributed by atoms with van der Waals surface area (Å²) in [5.74, 6) is 2.46. The first-order valence-corrected chi connectivity index (χ1v) is 7.77. The highest BCUT2D eigenvalue weighted by atomic mass is 16.5. The van der Waals surface area contributed by atoms with Gasteiger partial charge >= 0.3 is 0 Å². The third-order valence-corrected chi connectivity index (χ3v) is 4.46. The first-order valence-electron chi connectivity index (χ1n) is 7.77. The number of rotatable bonds is 4. The Kier molecular flexibility index (Phi) is 4.47. The van der Waals surface area contributed by atoms with Crippen LogP contribution in [0.15, 0.2) is 54.6 Å². The summed E-state index contributed by atoms with van der Waals surface area (Å²) in [7, 11) is 3.41. The van der Waals surface area contributed by atoms with Crippen LogP contribution in [0.2, 0.25) is 0 Å². The normalized spacial score (nSPS) is 17.7. The summed E-state index contributed by atoms with van der Waals surface area (Å²) in [6.45, 7) is 0. The third kappa shape index (κ3) is 3.16. The molecule has 114 valence electrons. The van der Waals surface area contributed by atoms with Gasteiger partial charge in [0.1, 0.15) is 11.5 Å². The standard InChI is InChI=1S/C20H22O2/c1-21-19-11-7-17(8-12-19)15-3-5-16(6-4-15)18-9-13-20(22-2)14-10-18/h3,7-14,16H,4-6H2,1-2H3. The van der Waals surface area contributed by atoms with E-state index >= 15 is 0 Å². The van der Waals surface area contributed by atoms with Crippen LogP contribution in [0.1, 0.15) is 36.3 Å². The molecule has 2 aromatic rings. The van der Waals surface area contributed by atoms with Gasteiger partial charge < -0.3 is 9.47 Å². The summed E-state index contributed by atoms with van der Waals surface area (Å²) in [4.78, 5) is 0. The highest BCUT2D eigenvalue weighted by Gasteiger charge is 2.17. The van der Waals surface area contributed by atoms with Crippen LogP contribution < -0.4 is 9.47 Å². The van der Waals surface area contributed by atoms with Gasteiger partial charge in [-0.3, -0.25) is 0 Å². The predicted molar refractivity (Wildman–Crippen MR) is 90.6 cm³/mol. The number of benzene rings is 2. The maximum Gasteiger partial charge on any atom is 0.118 e. The Morgan fingerprint density at radius 2 is 1.41 bits per heavy atom. The molecule has 0 fully saturated rings. The minimum absolute atomic E-state index is 0.618. The van der Waals surface area contributed by atoms with Crippen LogP contribution in [-0.2, 0) is 0 Å². The van der Waals surface area contributed by atoms with Crippen LogP contribution >= 0.6 is 0 Å². The van der Waals surface area contributed by atoms with Crippen LogP contribution in [0.5, 0.6) is 11.5 Å². The second kappa shape index (κ2) is 6.69. The largest absolute Gasteiger partial charge is 0.497 e. The van der Waals surface area contributed by atoms with Gasteiger partial charge in [-0.2, -0.15) is 0 Å². The van der Waals surface area contributed by atoms with Crippen LogP contribution in [0.25, 0.3) is 5.57 Å². The van der Waals surface area contributed by atoms with E-state index in [1.54, 1.807) is 14.2 Å². The second-order valence-electron chi connectivity index (χ2n) is 5.70. The van der Waals surface area contributed by atoms with Gasteiger partial charge in [-0.25, -0.2) is 0 Å². The minimum Gasteiger partial charge on any atom is -0.497 e. The fourth-order valence-electron chi connectivity index (χ4n) is 3.08. The molecule has 0 radical (unpaired) electrons. The molecule has 0 saturated heterocycles. The molecule has 0 spiro atoms. The highest BCUT2D eigenvalue weighted by molar-refractivity contribution is 5.67. The zero-order chi connectivity index (χ0) is 15.4. The van der Waals surface area contributed by atoms with E-state index < -0.39 is 0 Å². The maximum atomic E-state index is 5.23. The van der Waals surface area contributed by atoms with Crippen LogP contribution in [0, 0.1) is 0 Å². The van der Waals surface area contributed by atoms with Gasteiger partial charge in [-0.05, 0) is 66.1 Å². The van der Waals surface area contributed by atoms with Crippen molar-refractivity contribution >= 4 is 5.57 Å². The number of ether oxygens (including phenoxy) is 2. The lowest BCUT2D eigenvalue weighted by Crippen LogP contribution is -2.04. The molecule has 2 aromatic carbocycles. The molecule has 1 unspecified atom stereocenters. The van der Waals surface area contributed by atoms with E-state index in [0.29, 0.717) is 5.92 Å². The van der Waals surface area contributed by atoms with Gasteiger partial charge in [0.25, 0.3) is 0 Å². The number of methoxy groups -OCH3 is 2. The number of hydrogen-bond donors (Lipinski definition) is 0. The van der Waals surface area contributed by atoms with Crippen LogP contribution in [-0.4, -0.2) is 14.2 Å². The monoisotopic (exact) mass is 294 g/mol. The zero-order valence-corrected chi connectivity index (χ0v) is 13.2. The Morgan fingerprint density at radius 3 is 1.91 bits per heavy atom. The fourth-order valence-corrected chi connectivity index (χ4v) is 3.08. The molecule has 1 atom stereocenters. The van der Waals surface area contributed by atoms with Crippen molar-refractivity contribution in [2.45, 2.75) is 25.2 Å². The Balaban J connectivity index is 1.70. The zero-order valence-electron chi connectivity index (χ0n) is 13.2. The number of hydrogen-bond acceptors (Lipinski definition) is 2. The van der Waals surface area contributed by atoms with Gasteiger partial charge in [0.2, 0.25) is 0 Å². The quantitative estimate of drug-likeness (QED) is 0.785. The maximum absolute atomic E-state index is 5.23. The molecule has 0 aromatic heterocycles. The Hall–Kier alpha value is -2.22. The van der Waals surface area contributed by atoms with Crippen molar-refractivity contribution in [3.8, 4) is 11.5 Å². The van der Waals surface area contributed by atoms with E-state index in [0.717, 1.165) is 24.3 Å². The van der Waals surface area contributed by atoms with E-state index in [9.17, 15) is 0 Å². The molecule has 3 rings (SSSR count). The number of allylic oxidation sites excluding steroid dienone is 2. The molecular weight excluding hydrogens is 272 g/mol. The van der Waals surface area contributed by atoms with Crippen molar-refractivity contribution in [3.05, 3.63) is 65.7 Å². The molecule has 1 aliphatic carbocycles. The molecule has 0 bridgehead atoms. The molecule has 0 saturated carbocycles. The summed E-state index contributed by atoms with van der Waals surface area (Å²) in [5.41, 5.74) is 4.17. The van der Waals surface area contributed by atoms with Gasteiger partial charge in [-0.15, -0.1) is 0 Å². The van der Waals surface area contributed by atoms with E-state index in [1.165, 1.54) is 23.1 Å². The van der Waals surface area contributed by atoms with E-state index in [-0.39, 0.29) is 0 Å². The molecule has 2 nitrogen and oxygen atoms in total. The third-order valence-electron chi connectivity index (χ3n) is 4.46. The van der Waals surface area contributed by atoms with Crippen LogP contribution in [0.4, 0.5) is 0 Å². The summed E-state index contributed by atoms with van der Waals surface area (Å²) < 4.78 is 10.4. The van der Waals surface area contributed by atoms with Crippen molar-refractivity contribution in [3.63, 3.8) is 0 Å². The van der Waals surface area contributed by atoms with Gasteiger partial charge in [-0.1, -0.05) is 30.3 Å². The Labute approximate surface area is 132 Å². The van der Waals surface area contributed by atoms with Gasteiger partial charge in [0.15, 0.2) is 0 Å². The molecule has 0 heterocycles. The van der Waals surface area contributed by atoms with Crippen molar-refractivity contribution in [1.29, 1.82) is 0 Å². The molecule has 0 N–H and O–H groups in total. The highest BCUT2D eigenvalue weighted by Crippen LogP contribution is 2.36. The van der Waals surface area contributed by atoms with Crippen molar-refractivity contribution in [2.75, 3.05) is 14.2 Å². The summed E-state index contributed by atoms with van der Waals surface area (Å²) in [6, 6.07) is 16.9. The molecule has 0 amide bonds. The lowest BCUT2D eigenvalue weighted by Gasteiger charge is -2.23. The summed E-state index contributed by atoms with van der Waals surface area (Å²) >= 11 is 0. The lowest BCUT2D eigenvalue weighted by atomic mass is 9.83. The first-order chi connectivity index (χ1) is 10.8. The van der Waals surface area contributed by atoms with Crippen molar-refractivity contribution in [2.24, 2.45) is 0 Å². The molecule has 1 aliphatic rings. The minimum atomic E-state index is 0.618. The second-order valence-corrected chi connectivity index (χ2v) is 5.70. The molecule has 22 heavy (non-hydrogen) atoms. The van der Waals surface area contributed by atoms with Gasteiger partial charge in [0.05, 0.1) is 14.2 Å². The topological polar surface area (TPSA) is 18.5 Å². The molecular formula is C20H22O2. The summed E-state index contributed by atoms with van der Waals surface area (Å²) in [6.07, 6.45) is 5.82. The van der Waals surface area contributed by atoms with E-state index in [2.05, 4.69) is 42.5 Å². The Bertz CT molecular complexity index is 638. The lowest BCUT2D eigenvalue weighted by molar-refractivity contribution is 0.414. The predicted octanol–water partition coefficient (Wildman–Crippen LogP) is 5.05. The smallest absolute Gasteiger partial charge is 0.118 e. The first kappa shape index (κ1) is 14.7. The summed E-state index contributed by atoms with van der Waals surface area (Å²) in [5, 5.41) is 0.